The maximum absolute atomic E-state index is 10.9. The number of ether oxygens (including phenoxy) is 1. The third-order valence-electron chi connectivity index (χ3n) is 5.13. The molecule has 0 saturated carbocycles. The average Bonchev–Trinajstić information content (AvgIpc) is 3.23. The number of hydrogen-bond acceptors (Lipinski definition) is 5. The second kappa shape index (κ2) is 28.9. The predicted molar refractivity (Wildman–Crippen MR) is 149 cm³/mol. The highest BCUT2D eigenvalue weighted by Gasteiger charge is 2.29. The summed E-state index contributed by atoms with van der Waals surface area (Å²) in [5, 5.41) is 0. The fourth-order valence-corrected chi connectivity index (χ4v) is 6.30. The van der Waals surface area contributed by atoms with E-state index in [9.17, 15) is 9.59 Å². The van der Waals surface area contributed by atoms with Crippen molar-refractivity contribution in [3.8, 4) is 0 Å². The molecule has 0 aromatic heterocycles. The standard InChI is InChI=1S/C10H18O2S2.C9H18O.C6H14.C2H6/c1-10(7-8-13-14-10)6-4-3-5-9(11)12-2;1-3-4-5-6-7-8-9(2)10;1-3-5-6-4-2;1-2/h3-8H2,1-2H3;3-8H2,1-2H3;3-6H2,1-2H3;1-2H3. The third kappa shape index (κ3) is 29.8. The van der Waals surface area contributed by atoms with Gasteiger partial charge in [-0.1, -0.05) is 114 Å². The molecular formula is C27H56O3S2. The number of rotatable bonds is 14. The van der Waals surface area contributed by atoms with Gasteiger partial charge in [0.25, 0.3) is 0 Å². The van der Waals surface area contributed by atoms with E-state index in [4.69, 9.17) is 0 Å². The molecule has 0 aromatic carbocycles. The fraction of sp³-hybridized carbons (Fsp3) is 0.926. The number of unbranched alkanes of at least 4 members (excludes halogenated alkanes) is 8. The van der Waals surface area contributed by atoms with E-state index in [2.05, 4.69) is 32.4 Å². The highest BCUT2D eigenvalue weighted by atomic mass is 33.1. The smallest absolute Gasteiger partial charge is 0.305 e. The quantitative estimate of drug-likeness (QED) is 0.137. The van der Waals surface area contributed by atoms with Crippen LogP contribution in [0.25, 0.3) is 0 Å². The number of esters is 1. The van der Waals surface area contributed by atoms with E-state index >= 15 is 0 Å². The van der Waals surface area contributed by atoms with E-state index < -0.39 is 0 Å². The SMILES string of the molecule is CC.CCCCCC.CCCCCCCC(C)=O.COC(=O)CCCCC1(C)CCSS1. The molecule has 0 aromatic rings. The Hall–Kier alpha value is -0.160. The molecule has 1 rings (SSSR count). The normalized spacial score (nSPS) is 16.5. The second-order valence-corrected chi connectivity index (χ2v) is 11.5. The first-order chi connectivity index (χ1) is 15.3. The molecule has 0 aliphatic carbocycles. The van der Waals surface area contributed by atoms with E-state index in [0.29, 0.717) is 17.0 Å². The lowest BCUT2D eigenvalue weighted by molar-refractivity contribution is -0.140. The van der Waals surface area contributed by atoms with Gasteiger partial charge < -0.3 is 9.53 Å². The van der Waals surface area contributed by atoms with Gasteiger partial charge in [0, 0.05) is 23.3 Å². The number of methoxy groups -OCH3 is 1. The number of ketones is 1. The van der Waals surface area contributed by atoms with Gasteiger partial charge in [0.1, 0.15) is 5.78 Å². The summed E-state index contributed by atoms with van der Waals surface area (Å²) in [7, 11) is 5.44. The van der Waals surface area contributed by atoms with E-state index in [0.717, 1.165) is 25.7 Å². The van der Waals surface area contributed by atoms with Gasteiger partial charge in [-0.25, -0.2) is 0 Å². The summed E-state index contributed by atoms with van der Waals surface area (Å²) >= 11 is 0. The van der Waals surface area contributed by atoms with Crippen molar-refractivity contribution in [2.24, 2.45) is 0 Å². The highest BCUT2D eigenvalue weighted by molar-refractivity contribution is 8.77. The molecule has 3 nitrogen and oxygen atoms in total. The van der Waals surface area contributed by atoms with Crippen molar-refractivity contribution >= 4 is 33.3 Å². The van der Waals surface area contributed by atoms with Gasteiger partial charge in [-0.05, 0) is 39.5 Å². The molecular weight excluding hydrogens is 436 g/mol. The summed E-state index contributed by atoms with van der Waals surface area (Å²) in [5.41, 5.74) is 0. The fourth-order valence-electron chi connectivity index (χ4n) is 3.00. The van der Waals surface area contributed by atoms with Crippen LogP contribution < -0.4 is 0 Å². The van der Waals surface area contributed by atoms with Crippen molar-refractivity contribution < 1.29 is 14.3 Å². The van der Waals surface area contributed by atoms with Crippen molar-refractivity contribution in [1.82, 2.24) is 0 Å². The lowest BCUT2D eigenvalue weighted by Gasteiger charge is -2.20. The van der Waals surface area contributed by atoms with Gasteiger partial charge in [-0.3, -0.25) is 4.79 Å². The summed E-state index contributed by atoms with van der Waals surface area (Å²) in [6.07, 6.45) is 17.7. The van der Waals surface area contributed by atoms with Crippen molar-refractivity contribution in [3.05, 3.63) is 0 Å². The Morgan fingerprint density at radius 2 is 1.31 bits per heavy atom. The first-order valence-corrected chi connectivity index (χ1v) is 15.5. The summed E-state index contributed by atoms with van der Waals surface area (Å²) in [6, 6.07) is 0. The van der Waals surface area contributed by atoms with E-state index in [-0.39, 0.29) is 5.97 Å². The van der Waals surface area contributed by atoms with Gasteiger partial charge in [0.05, 0.1) is 7.11 Å². The molecule has 0 radical (unpaired) electrons. The van der Waals surface area contributed by atoms with Crippen molar-refractivity contribution in [2.45, 2.75) is 150 Å². The first-order valence-electron chi connectivity index (χ1n) is 13.2. The number of carbonyl (C=O) groups excluding carboxylic acids is 2. The Morgan fingerprint density at radius 1 is 0.812 bits per heavy atom. The second-order valence-electron chi connectivity index (χ2n) is 8.46. The van der Waals surface area contributed by atoms with E-state index in [1.54, 1.807) is 6.92 Å². The largest absolute Gasteiger partial charge is 0.469 e. The minimum absolute atomic E-state index is 0.0800. The Bertz CT molecular complexity index is 390. The Balaban J connectivity index is -0.000000410. The van der Waals surface area contributed by atoms with Crippen molar-refractivity contribution in [3.63, 3.8) is 0 Å². The summed E-state index contributed by atoms with van der Waals surface area (Å²) < 4.78 is 5.06. The summed E-state index contributed by atoms with van der Waals surface area (Å²) in [6.45, 7) is 14.7. The predicted octanol–water partition coefficient (Wildman–Crippen LogP) is 9.81. The molecule has 1 unspecified atom stereocenters. The van der Waals surface area contributed by atoms with Crippen molar-refractivity contribution in [2.75, 3.05) is 12.9 Å². The van der Waals surface area contributed by atoms with Crippen LogP contribution in [0.15, 0.2) is 0 Å². The number of Topliss-reactive ketones (excluding diaryl/α,β-unsaturated/α-hetero) is 1. The molecule has 0 amide bonds. The zero-order valence-electron chi connectivity index (χ0n) is 22.9. The van der Waals surface area contributed by atoms with Crippen LogP contribution in [0.3, 0.4) is 0 Å². The molecule has 194 valence electrons. The van der Waals surface area contributed by atoms with Gasteiger partial charge in [-0.2, -0.15) is 0 Å². The molecule has 1 aliphatic rings. The van der Waals surface area contributed by atoms with Crippen LogP contribution in [0.5, 0.6) is 0 Å². The maximum atomic E-state index is 10.9. The van der Waals surface area contributed by atoms with Crippen LogP contribution in [0.4, 0.5) is 0 Å². The lowest BCUT2D eigenvalue weighted by Crippen LogP contribution is -2.15. The van der Waals surface area contributed by atoms with Crippen LogP contribution in [0.2, 0.25) is 0 Å². The van der Waals surface area contributed by atoms with Gasteiger partial charge in [0.2, 0.25) is 0 Å². The molecule has 32 heavy (non-hydrogen) atoms. The zero-order valence-corrected chi connectivity index (χ0v) is 24.5. The number of carbonyl (C=O) groups is 2. The molecule has 0 spiro atoms. The van der Waals surface area contributed by atoms with Crippen LogP contribution in [0.1, 0.15) is 145 Å². The van der Waals surface area contributed by atoms with Gasteiger partial charge in [0.15, 0.2) is 0 Å². The molecule has 1 aliphatic heterocycles. The molecule has 1 heterocycles. The summed E-state index contributed by atoms with van der Waals surface area (Å²) in [4.78, 5) is 21.3. The van der Waals surface area contributed by atoms with E-state index in [1.807, 2.05) is 35.4 Å². The Kier molecular flexibility index (Phi) is 32.9. The molecule has 1 atom stereocenters. The molecule has 1 fully saturated rings. The number of hydrogen-bond donors (Lipinski definition) is 0. The highest BCUT2D eigenvalue weighted by Crippen LogP contribution is 2.49. The van der Waals surface area contributed by atoms with Crippen LogP contribution >= 0.6 is 21.6 Å². The van der Waals surface area contributed by atoms with Gasteiger partial charge >= 0.3 is 5.97 Å². The third-order valence-corrected chi connectivity index (χ3v) is 8.49. The minimum atomic E-state index is -0.0800. The monoisotopic (exact) mass is 492 g/mol. The van der Waals surface area contributed by atoms with Crippen LogP contribution in [-0.2, 0) is 14.3 Å². The maximum Gasteiger partial charge on any atom is 0.305 e. The van der Waals surface area contributed by atoms with Gasteiger partial charge in [-0.15, -0.1) is 0 Å². The Labute approximate surface area is 209 Å². The Morgan fingerprint density at radius 3 is 1.75 bits per heavy atom. The molecule has 0 N–H and O–H groups in total. The minimum Gasteiger partial charge on any atom is -0.469 e. The van der Waals surface area contributed by atoms with Crippen LogP contribution in [-0.4, -0.2) is 29.4 Å². The molecule has 0 bridgehead atoms. The first kappa shape index (κ1) is 36.4. The average molecular weight is 493 g/mol. The summed E-state index contributed by atoms with van der Waals surface area (Å²) in [5.74, 6) is 1.53. The molecule has 5 heteroatoms. The van der Waals surface area contributed by atoms with Crippen LogP contribution in [0, 0.1) is 0 Å². The van der Waals surface area contributed by atoms with E-state index in [1.165, 1.54) is 77.1 Å². The molecule has 1 saturated heterocycles. The van der Waals surface area contributed by atoms with Crippen molar-refractivity contribution in [1.29, 1.82) is 0 Å². The topological polar surface area (TPSA) is 43.4 Å². The lowest BCUT2D eigenvalue weighted by atomic mass is 9.99. The zero-order chi connectivity index (χ0) is 25.1.